The number of aliphatic hydroxyl groups is 1. The fraction of sp³-hybridized carbons (Fsp3) is 0.833. The number of hydrogen-bond donors (Lipinski definition) is 1. The SMILES string of the molecule is CCCC1OC2(C[C@@]3(C)C(=CC2=O)C(=O)C[C@H]2[C@@H]4CC[C@@H](SC)[C@@]4(C)C[C@H](O)[C@@]23F)O1. The molecule has 0 aromatic rings. The van der Waals surface area contributed by atoms with E-state index in [1.54, 1.807) is 18.7 Å². The van der Waals surface area contributed by atoms with Gasteiger partial charge in [0.1, 0.15) is 5.67 Å². The summed E-state index contributed by atoms with van der Waals surface area (Å²) in [7, 11) is 0. The predicted molar refractivity (Wildman–Crippen MR) is 115 cm³/mol. The summed E-state index contributed by atoms with van der Waals surface area (Å²) in [5, 5.41) is 11.7. The molecule has 0 bridgehead atoms. The van der Waals surface area contributed by atoms with Gasteiger partial charge in [-0.2, -0.15) is 11.8 Å². The van der Waals surface area contributed by atoms with Crippen LogP contribution >= 0.6 is 11.8 Å². The molecule has 1 heterocycles. The van der Waals surface area contributed by atoms with E-state index in [9.17, 15) is 14.7 Å². The number of Topliss-reactive ketones (excluding diaryl/α,β-unsaturated/α-hetero) is 1. The summed E-state index contributed by atoms with van der Waals surface area (Å²) in [6.45, 7) is 5.86. The fourth-order valence-electron chi connectivity index (χ4n) is 7.81. The van der Waals surface area contributed by atoms with E-state index in [2.05, 4.69) is 13.2 Å². The molecule has 0 aromatic carbocycles. The Balaban J connectivity index is 1.57. The maximum atomic E-state index is 17.3. The molecule has 1 N–H and O–H groups in total. The van der Waals surface area contributed by atoms with E-state index in [4.69, 9.17) is 9.47 Å². The van der Waals surface area contributed by atoms with Crippen LogP contribution in [0.15, 0.2) is 11.6 Å². The van der Waals surface area contributed by atoms with Gasteiger partial charge in [-0.3, -0.25) is 9.59 Å². The van der Waals surface area contributed by atoms with E-state index >= 15 is 4.39 Å². The molecule has 3 saturated carbocycles. The minimum atomic E-state index is -2.00. The van der Waals surface area contributed by atoms with Crippen molar-refractivity contribution in [2.45, 2.75) is 94.8 Å². The van der Waals surface area contributed by atoms with Crippen LogP contribution < -0.4 is 0 Å². The van der Waals surface area contributed by atoms with Crippen molar-refractivity contribution in [3.05, 3.63) is 11.6 Å². The van der Waals surface area contributed by atoms with Crippen LogP contribution in [0.4, 0.5) is 4.39 Å². The maximum absolute atomic E-state index is 17.3. The summed E-state index contributed by atoms with van der Waals surface area (Å²) < 4.78 is 29.1. The second-order valence-electron chi connectivity index (χ2n) is 10.8. The van der Waals surface area contributed by atoms with E-state index in [1.807, 2.05) is 6.92 Å². The van der Waals surface area contributed by atoms with Crippen molar-refractivity contribution in [3.8, 4) is 0 Å². The molecule has 4 fully saturated rings. The van der Waals surface area contributed by atoms with E-state index in [0.29, 0.717) is 18.1 Å². The standard InChI is InChI=1S/C24H33FO5S/c1-5-6-20-29-23(30-20)12-22(3)15(10-17(23)27)16(26)9-14-13-7-8-19(31-4)21(13,2)11-18(28)24(14,22)25/h10,13-14,18-20,28H,5-9,11-12H2,1-4H3/t13-,14-,18-,19+,20?,21-,22-,23?,24-/m0/s1. The van der Waals surface area contributed by atoms with Gasteiger partial charge in [-0.25, -0.2) is 4.39 Å². The van der Waals surface area contributed by atoms with E-state index in [0.717, 1.165) is 19.3 Å². The second-order valence-corrected chi connectivity index (χ2v) is 11.8. The molecule has 5 rings (SSSR count). The third kappa shape index (κ3) is 2.61. The zero-order valence-electron chi connectivity index (χ0n) is 18.8. The Labute approximate surface area is 187 Å². The van der Waals surface area contributed by atoms with Crippen LogP contribution in [0.3, 0.4) is 0 Å². The molecular formula is C24H33FO5S. The Hall–Kier alpha value is -0.760. The van der Waals surface area contributed by atoms with Crippen molar-refractivity contribution in [2.75, 3.05) is 6.26 Å². The van der Waals surface area contributed by atoms with Crippen LogP contribution in [-0.4, -0.2) is 52.0 Å². The molecule has 1 aliphatic heterocycles. The smallest absolute Gasteiger partial charge is 0.238 e. The van der Waals surface area contributed by atoms with Crippen LogP contribution in [-0.2, 0) is 19.1 Å². The van der Waals surface area contributed by atoms with Gasteiger partial charge in [0, 0.05) is 35.0 Å². The molecule has 0 amide bonds. The summed E-state index contributed by atoms with van der Waals surface area (Å²) in [6, 6.07) is 0. The van der Waals surface area contributed by atoms with Gasteiger partial charge in [0.05, 0.1) is 6.10 Å². The molecule has 172 valence electrons. The Bertz CT molecular complexity index is 853. The lowest BCUT2D eigenvalue weighted by Crippen LogP contribution is -2.73. The quantitative estimate of drug-likeness (QED) is 0.699. The van der Waals surface area contributed by atoms with Gasteiger partial charge in [-0.15, -0.1) is 0 Å². The highest BCUT2D eigenvalue weighted by Crippen LogP contribution is 2.70. The number of ether oxygens (including phenoxy) is 2. The lowest BCUT2D eigenvalue weighted by atomic mass is 9.44. The molecule has 7 atom stereocenters. The third-order valence-electron chi connectivity index (χ3n) is 9.30. The second kappa shape index (κ2) is 6.87. The summed E-state index contributed by atoms with van der Waals surface area (Å²) in [4.78, 5) is 26.1. The average Bonchev–Trinajstić information content (AvgIpc) is 3.01. The highest BCUT2D eigenvalue weighted by molar-refractivity contribution is 7.99. The summed E-state index contributed by atoms with van der Waals surface area (Å²) in [5.74, 6) is -2.65. The van der Waals surface area contributed by atoms with Gasteiger partial charge in [0.2, 0.25) is 11.6 Å². The predicted octanol–water partition coefficient (Wildman–Crippen LogP) is 3.97. The van der Waals surface area contributed by atoms with Crippen LogP contribution in [0.5, 0.6) is 0 Å². The van der Waals surface area contributed by atoms with Crippen molar-refractivity contribution in [3.63, 3.8) is 0 Å². The largest absolute Gasteiger partial charge is 0.390 e. The molecule has 0 aromatic heterocycles. The van der Waals surface area contributed by atoms with Crippen LogP contribution in [0.25, 0.3) is 0 Å². The lowest BCUT2D eigenvalue weighted by molar-refractivity contribution is -0.439. The first-order valence-electron chi connectivity index (χ1n) is 11.6. The Morgan fingerprint density at radius 2 is 1.94 bits per heavy atom. The molecule has 1 saturated heterocycles. The molecule has 7 heteroatoms. The molecule has 4 aliphatic carbocycles. The molecule has 5 aliphatic rings. The van der Waals surface area contributed by atoms with Gasteiger partial charge in [0.25, 0.3) is 0 Å². The van der Waals surface area contributed by atoms with Crippen molar-refractivity contribution in [1.29, 1.82) is 0 Å². The molecule has 1 spiro atoms. The number of allylic oxidation sites excluding steroid dienone is 1. The highest BCUT2D eigenvalue weighted by atomic mass is 32.2. The number of fused-ring (bicyclic) bond motifs is 5. The first-order valence-corrected chi connectivity index (χ1v) is 12.9. The van der Waals surface area contributed by atoms with Gasteiger partial charge in [0.15, 0.2) is 12.1 Å². The van der Waals surface area contributed by atoms with E-state index in [1.165, 1.54) is 6.08 Å². The topological polar surface area (TPSA) is 72.8 Å². The van der Waals surface area contributed by atoms with Crippen molar-refractivity contribution in [1.82, 2.24) is 0 Å². The summed E-state index contributed by atoms with van der Waals surface area (Å²) >= 11 is 1.78. The number of aliphatic hydroxyl groups excluding tert-OH is 1. The van der Waals surface area contributed by atoms with Crippen LogP contribution in [0.2, 0.25) is 0 Å². The fourth-order valence-corrected chi connectivity index (χ4v) is 8.99. The number of rotatable bonds is 3. The van der Waals surface area contributed by atoms with Gasteiger partial charge >= 0.3 is 0 Å². The summed E-state index contributed by atoms with van der Waals surface area (Å²) in [6.07, 6.45) is 5.35. The van der Waals surface area contributed by atoms with Crippen LogP contribution in [0.1, 0.15) is 65.7 Å². The summed E-state index contributed by atoms with van der Waals surface area (Å²) in [5.41, 5.74) is -3.32. The first kappa shape index (κ1) is 22.1. The first-order chi connectivity index (χ1) is 14.6. The molecule has 0 unspecified atom stereocenters. The third-order valence-corrected chi connectivity index (χ3v) is 10.6. The molecule has 0 radical (unpaired) electrons. The van der Waals surface area contributed by atoms with Crippen molar-refractivity contribution in [2.24, 2.45) is 22.7 Å². The van der Waals surface area contributed by atoms with Crippen LogP contribution in [0, 0.1) is 22.7 Å². The molecule has 5 nitrogen and oxygen atoms in total. The average molecular weight is 453 g/mol. The Morgan fingerprint density at radius 1 is 1.23 bits per heavy atom. The number of hydrogen-bond acceptors (Lipinski definition) is 6. The van der Waals surface area contributed by atoms with Gasteiger partial charge in [-0.05, 0) is 49.3 Å². The molecular weight excluding hydrogens is 419 g/mol. The zero-order valence-corrected chi connectivity index (χ0v) is 19.6. The zero-order chi connectivity index (χ0) is 22.4. The van der Waals surface area contributed by atoms with Gasteiger partial charge in [-0.1, -0.05) is 27.2 Å². The monoisotopic (exact) mass is 452 g/mol. The molecule has 31 heavy (non-hydrogen) atoms. The number of carbonyl (C=O) groups is 2. The Morgan fingerprint density at radius 3 is 2.58 bits per heavy atom. The number of carbonyl (C=O) groups excluding carboxylic acids is 2. The van der Waals surface area contributed by atoms with Crippen molar-refractivity contribution >= 4 is 23.3 Å². The van der Waals surface area contributed by atoms with E-state index < -0.39 is 41.0 Å². The maximum Gasteiger partial charge on any atom is 0.238 e. The van der Waals surface area contributed by atoms with Crippen molar-refractivity contribution < 1.29 is 28.6 Å². The highest BCUT2D eigenvalue weighted by Gasteiger charge is 2.75. The number of thioether (sulfide) groups is 1. The number of alkyl halides is 1. The number of ketones is 2. The lowest BCUT2D eigenvalue weighted by Gasteiger charge is -2.64. The minimum Gasteiger partial charge on any atom is -0.390 e. The number of halogens is 1. The van der Waals surface area contributed by atoms with E-state index in [-0.39, 0.29) is 35.5 Å². The van der Waals surface area contributed by atoms with Gasteiger partial charge < -0.3 is 14.6 Å². The minimum absolute atomic E-state index is 0.0327. The normalized spacial score (nSPS) is 53.5. The Kier molecular flexibility index (Phi) is 4.89.